The van der Waals surface area contributed by atoms with Crippen LogP contribution in [0.3, 0.4) is 0 Å². The third kappa shape index (κ3) is 5.17. The monoisotopic (exact) mass is 555 g/mol. The molecule has 6 heteroatoms. The van der Waals surface area contributed by atoms with Crippen molar-refractivity contribution in [2.24, 2.45) is 0 Å². The molecule has 0 atom stereocenters. The van der Waals surface area contributed by atoms with Gasteiger partial charge in [0.1, 0.15) is 17.3 Å². The molecule has 0 amide bonds. The maximum absolute atomic E-state index is 14.4. The summed E-state index contributed by atoms with van der Waals surface area (Å²) in [5.74, 6) is 1.39. The fraction of sp³-hybridized carbons (Fsp3) is 0.182. The van der Waals surface area contributed by atoms with E-state index in [0.717, 1.165) is 32.8 Å². The van der Waals surface area contributed by atoms with E-state index in [-0.39, 0.29) is 5.82 Å². The Morgan fingerprint density at radius 1 is 0.857 bits per heavy atom. The Kier molecular flexibility index (Phi) is 7.18. The number of hydrogen-bond donors (Lipinski definition) is 0. The van der Waals surface area contributed by atoms with Crippen LogP contribution in [-0.4, -0.2) is 14.2 Å². The van der Waals surface area contributed by atoms with Crippen LogP contribution in [0.15, 0.2) is 65.1 Å². The molecule has 3 nitrogen and oxygen atoms in total. The van der Waals surface area contributed by atoms with Crippen LogP contribution in [-0.2, 0) is 13.1 Å². The molecule has 28 heavy (non-hydrogen) atoms. The highest BCUT2D eigenvalue weighted by atomic mass is 127. The van der Waals surface area contributed by atoms with Gasteiger partial charge in [-0.1, -0.05) is 24.3 Å². The molecule has 0 aromatic heterocycles. The molecule has 0 heterocycles. The molecule has 3 aromatic rings. The summed E-state index contributed by atoms with van der Waals surface area (Å²) in [6.07, 6.45) is 0. The molecule has 0 aliphatic heterocycles. The predicted octanol–water partition coefficient (Wildman–Crippen LogP) is 6.42. The Bertz CT molecular complexity index is 860. The molecule has 3 rings (SSSR count). The van der Waals surface area contributed by atoms with Gasteiger partial charge in [-0.2, -0.15) is 0 Å². The van der Waals surface area contributed by atoms with Gasteiger partial charge in [0.05, 0.1) is 17.8 Å². The molecule has 0 fully saturated rings. The highest BCUT2D eigenvalue weighted by molar-refractivity contribution is 14.1. The van der Waals surface area contributed by atoms with Crippen molar-refractivity contribution >= 4 is 44.2 Å². The molecule has 0 aliphatic rings. The molecule has 146 valence electrons. The number of ether oxygens (including phenoxy) is 2. The van der Waals surface area contributed by atoms with Crippen LogP contribution in [0.5, 0.6) is 11.5 Å². The van der Waals surface area contributed by atoms with Gasteiger partial charge in [-0.3, -0.25) is 0 Å². The molecule has 0 radical (unpaired) electrons. The van der Waals surface area contributed by atoms with Gasteiger partial charge >= 0.3 is 0 Å². The summed E-state index contributed by atoms with van der Waals surface area (Å²) in [7, 11) is 3.30. The number of benzene rings is 3. The topological polar surface area (TPSA) is 21.7 Å². The number of halogens is 3. The molecule has 0 bridgehead atoms. The zero-order valence-corrected chi connectivity index (χ0v) is 19.3. The average Bonchev–Trinajstić information content (AvgIpc) is 2.72. The van der Waals surface area contributed by atoms with Crippen molar-refractivity contribution in [3.05, 3.63) is 85.7 Å². The Balaban J connectivity index is 1.92. The minimum absolute atomic E-state index is 0.237. The Labute approximate surface area is 186 Å². The summed E-state index contributed by atoms with van der Waals surface area (Å²) in [5.41, 5.74) is 3.05. The first-order valence-electron chi connectivity index (χ1n) is 8.65. The summed E-state index contributed by atoms with van der Waals surface area (Å²) in [6, 6.07) is 19.4. The molecular formula is C22H20BrFINO2. The second-order valence-electron chi connectivity index (χ2n) is 6.28. The van der Waals surface area contributed by atoms with E-state index in [9.17, 15) is 4.39 Å². The van der Waals surface area contributed by atoms with Crippen LogP contribution in [0.25, 0.3) is 0 Å². The first-order valence-corrected chi connectivity index (χ1v) is 10.5. The lowest BCUT2D eigenvalue weighted by molar-refractivity contribution is 0.414. The van der Waals surface area contributed by atoms with Crippen LogP contribution < -0.4 is 14.4 Å². The molecule has 0 spiro atoms. The standard InChI is InChI=1S/C22H20BrFINO2/c1-27-18-7-3-15(4-8-18)13-26(14-16-5-9-19(28-2)10-6-16)17-11-20(23)22(25)21(24)12-17/h3-12H,13-14H2,1-2H3. The van der Waals surface area contributed by atoms with Crippen molar-refractivity contribution in [3.63, 3.8) is 0 Å². The van der Waals surface area contributed by atoms with E-state index in [4.69, 9.17) is 9.47 Å². The third-order valence-corrected chi connectivity index (χ3v) is 6.86. The lowest BCUT2D eigenvalue weighted by atomic mass is 10.1. The Morgan fingerprint density at radius 2 is 1.32 bits per heavy atom. The average molecular weight is 556 g/mol. The van der Waals surface area contributed by atoms with Gasteiger partial charge in [0.2, 0.25) is 0 Å². The third-order valence-electron chi connectivity index (χ3n) is 4.40. The van der Waals surface area contributed by atoms with Gasteiger partial charge in [-0.15, -0.1) is 0 Å². The number of nitrogens with zero attached hydrogens (tertiary/aromatic N) is 1. The molecule has 0 aliphatic carbocycles. The molecule has 3 aromatic carbocycles. The number of rotatable bonds is 7. The maximum Gasteiger partial charge on any atom is 0.139 e. The van der Waals surface area contributed by atoms with Crippen LogP contribution in [0.1, 0.15) is 11.1 Å². The van der Waals surface area contributed by atoms with Crippen molar-refractivity contribution < 1.29 is 13.9 Å². The van der Waals surface area contributed by atoms with E-state index in [0.29, 0.717) is 16.7 Å². The van der Waals surface area contributed by atoms with Gasteiger partial charge in [0.25, 0.3) is 0 Å². The van der Waals surface area contributed by atoms with Gasteiger partial charge in [0.15, 0.2) is 0 Å². The fourth-order valence-electron chi connectivity index (χ4n) is 2.87. The van der Waals surface area contributed by atoms with Crippen LogP contribution >= 0.6 is 38.5 Å². The van der Waals surface area contributed by atoms with E-state index in [1.807, 2.05) is 77.2 Å². The minimum atomic E-state index is -0.237. The zero-order chi connectivity index (χ0) is 20.1. The SMILES string of the molecule is COc1ccc(CN(Cc2ccc(OC)cc2)c2cc(F)c(I)c(Br)c2)cc1. The van der Waals surface area contributed by atoms with Gasteiger partial charge in [0, 0.05) is 23.2 Å². The van der Waals surface area contributed by atoms with Gasteiger partial charge in [-0.05, 0) is 86.0 Å². The molecule has 0 saturated heterocycles. The number of anilines is 1. The van der Waals surface area contributed by atoms with Crippen molar-refractivity contribution in [1.29, 1.82) is 0 Å². The summed E-state index contributed by atoms with van der Waals surface area (Å²) in [5, 5.41) is 0. The zero-order valence-electron chi connectivity index (χ0n) is 15.6. The largest absolute Gasteiger partial charge is 0.497 e. The maximum atomic E-state index is 14.4. The quantitative estimate of drug-likeness (QED) is 0.248. The van der Waals surface area contributed by atoms with Gasteiger partial charge < -0.3 is 14.4 Å². The summed E-state index contributed by atoms with van der Waals surface area (Å²) >= 11 is 5.47. The van der Waals surface area contributed by atoms with E-state index >= 15 is 0 Å². The number of hydrogen-bond acceptors (Lipinski definition) is 3. The van der Waals surface area contributed by atoms with E-state index < -0.39 is 0 Å². The lowest BCUT2D eigenvalue weighted by Gasteiger charge is -2.26. The first kappa shape index (κ1) is 20.9. The minimum Gasteiger partial charge on any atom is -0.497 e. The smallest absolute Gasteiger partial charge is 0.139 e. The second kappa shape index (κ2) is 9.60. The Hall–Kier alpha value is -1.80. The molecular weight excluding hydrogens is 536 g/mol. The van der Waals surface area contributed by atoms with Crippen LogP contribution in [0.4, 0.5) is 10.1 Å². The van der Waals surface area contributed by atoms with E-state index in [1.165, 1.54) is 0 Å². The highest BCUT2D eigenvalue weighted by Crippen LogP contribution is 2.30. The van der Waals surface area contributed by atoms with E-state index in [1.54, 1.807) is 20.3 Å². The van der Waals surface area contributed by atoms with Gasteiger partial charge in [-0.25, -0.2) is 4.39 Å². The van der Waals surface area contributed by atoms with Crippen LogP contribution in [0.2, 0.25) is 0 Å². The fourth-order valence-corrected chi connectivity index (χ4v) is 3.60. The summed E-state index contributed by atoms with van der Waals surface area (Å²) in [6.45, 7) is 1.28. The lowest BCUT2D eigenvalue weighted by Crippen LogP contribution is -2.22. The predicted molar refractivity (Wildman–Crippen MR) is 123 cm³/mol. The molecule has 0 unspecified atom stereocenters. The van der Waals surface area contributed by atoms with Crippen molar-refractivity contribution in [2.75, 3.05) is 19.1 Å². The summed E-state index contributed by atoms with van der Waals surface area (Å²) < 4.78 is 26.2. The van der Waals surface area contributed by atoms with Crippen molar-refractivity contribution in [3.8, 4) is 11.5 Å². The van der Waals surface area contributed by atoms with Crippen molar-refractivity contribution in [1.82, 2.24) is 0 Å². The summed E-state index contributed by atoms with van der Waals surface area (Å²) in [4.78, 5) is 2.15. The van der Waals surface area contributed by atoms with Crippen molar-refractivity contribution in [2.45, 2.75) is 13.1 Å². The first-order chi connectivity index (χ1) is 13.5. The normalized spacial score (nSPS) is 10.6. The van der Waals surface area contributed by atoms with Crippen LogP contribution in [0, 0.1) is 9.39 Å². The molecule has 0 saturated carbocycles. The number of methoxy groups -OCH3 is 2. The Morgan fingerprint density at radius 3 is 1.71 bits per heavy atom. The second-order valence-corrected chi connectivity index (χ2v) is 8.21. The van der Waals surface area contributed by atoms with E-state index in [2.05, 4.69) is 20.8 Å². The molecule has 0 N–H and O–H groups in total. The highest BCUT2D eigenvalue weighted by Gasteiger charge is 2.14.